The van der Waals surface area contributed by atoms with Crippen LogP contribution < -0.4 is 15.8 Å². The van der Waals surface area contributed by atoms with Gasteiger partial charge >= 0.3 is 0 Å². The first-order valence-electron chi connectivity index (χ1n) is 9.64. The molecule has 2 aromatic carbocycles. The number of carbonyl (C=O) groups is 2. The van der Waals surface area contributed by atoms with Gasteiger partial charge in [-0.2, -0.15) is 0 Å². The van der Waals surface area contributed by atoms with E-state index in [1.54, 1.807) is 0 Å². The van der Waals surface area contributed by atoms with Crippen molar-refractivity contribution in [3.8, 4) is 5.75 Å². The van der Waals surface area contributed by atoms with Crippen molar-refractivity contribution in [1.29, 1.82) is 0 Å². The van der Waals surface area contributed by atoms with Crippen LogP contribution in [0.4, 0.5) is 14.5 Å². The molecule has 3 aromatic rings. The Balaban J connectivity index is 0.000000152. The normalized spacial score (nSPS) is 16.7. The van der Waals surface area contributed by atoms with Crippen LogP contribution in [-0.4, -0.2) is 33.2 Å². The number of amides is 2. The summed E-state index contributed by atoms with van der Waals surface area (Å²) in [4.78, 5) is 26.2. The van der Waals surface area contributed by atoms with Gasteiger partial charge in [0, 0.05) is 18.6 Å². The fourth-order valence-electron chi connectivity index (χ4n) is 3.49. The molecule has 2 aliphatic rings. The number of rotatable bonds is 2. The van der Waals surface area contributed by atoms with Crippen molar-refractivity contribution < 1.29 is 23.1 Å². The predicted molar refractivity (Wildman–Crippen MR) is 107 cm³/mol. The third-order valence-corrected chi connectivity index (χ3v) is 4.91. The lowest BCUT2D eigenvalue weighted by Crippen LogP contribution is -2.15. The molecule has 0 spiro atoms. The number of halogens is 2. The van der Waals surface area contributed by atoms with Gasteiger partial charge in [-0.1, -0.05) is 30.3 Å². The molecule has 2 amide bonds. The second kappa shape index (κ2) is 8.50. The number of nitrogens with one attached hydrogen (secondary N) is 1. The largest absolute Gasteiger partial charge is 0.491 e. The summed E-state index contributed by atoms with van der Waals surface area (Å²) >= 11 is 0. The first kappa shape index (κ1) is 20.5. The van der Waals surface area contributed by atoms with Crippen LogP contribution in [-0.2, 0) is 11.2 Å². The molecule has 160 valence electrons. The molecule has 0 saturated carbocycles. The first-order valence-corrected chi connectivity index (χ1v) is 9.64. The van der Waals surface area contributed by atoms with Gasteiger partial charge in [-0.3, -0.25) is 9.59 Å². The number of primary amides is 1. The number of benzene rings is 2. The Kier molecular flexibility index (Phi) is 5.61. The smallest absolute Gasteiger partial charge is 0.288 e. The van der Waals surface area contributed by atoms with Crippen LogP contribution in [0.25, 0.3) is 0 Å². The molecular formula is C21H19F2N5O3. The lowest BCUT2D eigenvalue weighted by molar-refractivity contribution is -0.116. The summed E-state index contributed by atoms with van der Waals surface area (Å²) in [5.74, 6) is -1.47. The molecule has 0 aliphatic carbocycles. The SMILES string of the molecule is NC(=O)c1nc2n(n1)C(c1ccccc1)CC2.O=C1CCOc2cc(F)cc(F)c2N1. The van der Waals surface area contributed by atoms with Gasteiger partial charge in [0.15, 0.2) is 5.82 Å². The second-order valence-corrected chi connectivity index (χ2v) is 7.03. The van der Waals surface area contributed by atoms with Crippen molar-refractivity contribution >= 4 is 17.5 Å². The highest BCUT2D eigenvalue weighted by molar-refractivity contribution is 5.93. The van der Waals surface area contributed by atoms with Crippen molar-refractivity contribution in [2.75, 3.05) is 11.9 Å². The van der Waals surface area contributed by atoms with Crippen molar-refractivity contribution in [3.63, 3.8) is 0 Å². The number of ether oxygens (including phenoxy) is 1. The number of nitrogens with two attached hydrogens (primary N) is 1. The topological polar surface area (TPSA) is 112 Å². The Morgan fingerprint density at radius 3 is 2.71 bits per heavy atom. The molecule has 0 bridgehead atoms. The van der Waals surface area contributed by atoms with Crippen molar-refractivity contribution in [2.24, 2.45) is 5.73 Å². The minimum absolute atomic E-state index is 0.0355. The third-order valence-electron chi connectivity index (χ3n) is 4.91. The molecule has 8 nitrogen and oxygen atoms in total. The fraction of sp³-hybridized carbons (Fsp3) is 0.238. The van der Waals surface area contributed by atoms with Crippen LogP contribution in [0.15, 0.2) is 42.5 Å². The third kappa shape index (κ3) is 4.37. The van der Waals surface area contributed by atoms with Gasteiger partial charge in [0.25, 0.3) is 5.91 Å². The summed E-state index contributed by atoms with van der Waals surface area (Å²) in [5, 5.41) is 6.49. The van der Waals surface area contributed by atoms with E-state index in [2.05, 4.69) is 27.5 Å². The average molecular weight is 427 g/mol. The molecule has 0 fully saturated rings. The van der Waals surface area contributed by atoms with E-state index in [4.69, 9.17) is 10.5 Å². The van der Waals surface area contributed by atoms with Gasteiger partial charge < -0.3 is 15.8 Å². The van der Waals surface area contributed by atoms with Gasteiger partial charge in [-0.25, -0.2) is 18.4 Å². The second-order valence-electron chi connectivity index (χ2n) is 7.03. The summed E-state index contributed by atoms with van der Waals surface area (Å²) < 4.78 is 32.7. The molecule has 0 radical (unpaired) electrons. The molecule has 3 N–H and O–H groups in total. The maximum atomic E-state index is 13.2. The minimum Gasteiger partial charge on any atom is -0.491 e. The van der Waals surface area contributed by atoms with Gasteiger partial charge in [0.2, 0.25) is 11.7 Å². The van der Waals surface area contributed by atoms with Crippen molar-refractivity contribution in [3.05, 3.63) is 71.3 Å². The standard InChI is InChI=1S/C12H12N4O.C9H7F2NO2/c13-11(17)12-14-10-7-6-9(16(10)15-12)8-4-2-1-3-5-8;10-5-3-6(11)9-7(4-5)14-2-1-8(13)12-9/h1-5,9H,6-7H2,(H2,13,17);3-4H,1-2H2,(H,12,13). The van der Waals surface area contributed by atoms with Crippen LogP contribution >= 0.6 is 0 Å². The van der Waals surface area contributed by atoms with E-state index >= 15 is 0 Å². The molecular weight excluding hydrogens is 408 g/mol. The lowest BCUT2D eigenvalue weighted by atomic mass is 10.1. The zero-order valence-corrected chi connectivity index (χ0v) is 16.3. The zero-order valence-electron chi connectivity index (χ0n) is 16.3. The highest BCUT2D eigenvalue weighted by atomic mass is 19.1. The number of carbonyl (C=O) groups excluding carboxylic acids is 2. The van der Waals surface area contributed by atoms with E-state index < -0.39 is 17.5 Å². The monoisotopic (exact) mass is 427 g/mol. The molecule has 3 heterocycles. The van der Waals surface area contributed by atoms with Gasteiger partial charge in [-0.05, 0) is 12.0 Å². The summed E-state index contributed by atoms with van der Waals surface area (Å²) in [6.07, 6.45) is 1.94. The predicted octanol–water partition coefficient (Wildman–Crippen LogP) is 2.60. The van der Waals surface area contributed by atoms with Gasteiger partial charge in [-0.15, -0.1) is 5.10 Å². The molecule has 1 aromatic heterocycles. The number of nitrogens with zero attached hydrogens (tertiary/aromatic N) is 3. The highest BCUT2D eigenvalue weighted by Crippen LogP contribution is 2.31. The summed E-state index contributed by atoms with van der Waals surface area (Å²) in [6.45, 7) is 0.127. The molecule has 0 saturated heterocycles. The van der Waals surface area contributed by atoms with Crippen molar-refractivity contribution in [2.45, 2.75) is 25.3 Å². The summed E-state index contributed by atoms with van der Waals surface area (Å²) in [7, 11) is 0. The van der Waals surface area contributed by atoms with E-state index in [1.807, 2.05) is 22.9 Å². The van der Waals surface area contributed by atoms with Crippen LogP contribution in [0.1, 0.15) is 40.9 Å². The molecule has 2 aliphatic heterocycles. The van der Waals surface area contributed by atoms with Crippen LogP contribution in [0.3, 0.4) is 0 Å². The zero-order chi connectivity index (χ0) is 22.0. The molecule has 1 atom stereocenters. The van der Waals surface area contributed by atoms with Gasteiger partial charge in [0.05, 0.1) is 19.1 Å². The van der Waals surface area contributed by atoms with Crippen LogP contribution in [0, 0.1) is 11.6 Å². The number of hydrogen-bond donors (Lipinski definition) is 2. The van der Waals surface area contributed by atoms with E-state index in [0.717, 1.165) is 24.7 Å². The lowest BCUT2D eigenvalue weighted by Gasteiger charge is -2.11. The maximum Gasteiger partial charge on any atom is 0.288 e. The van der Waals surface area contributed by atoms with E-state index in [-0.39, 0.29) is 42.2 Å². The van der Waals surface area contributed by atoms with Crippen LogP contribution in [0.5, 0.6) is 5.75 Å². The summed E-state index contributed by atoms with van der Waals surface area (Å²) in [6, 6.07) is 12.0. The Hall–Kier alpha value is -3.82. The molecule has 1 unspecified atom stereocenters. The highest BCUT2D eigenvalue weighted by Gasteiger charge is 2.27. The van der Waals surface area contributed by atoms with E-state index in [1.165, 1.54) is 5.56 Å². The van der Waals surface area contributed by atoms with E-state index in [9.17, 15) is 18.4 Å². The average Bonchev–Trinajstić information content (AvgIpc) is 3.27. The summed E-state index contributed by atoms with van der Waals surface area (Å²) in [5.41, 5.74) is 6.28. The quantitative estimate of drug-likeness (QED) is 0.653. The Labute approximate surface area is 176 Å². The van der Waals surface area contributed by atoms with Gasteiger partial charge in [0.1, 0.15) is 23.1 Å². The van der Waals surface area contributed by atoms with Crippen molar-refractivity contribution in [1.82, 2.24) is 14.8 Å². The molecule has 10 heteroatoms. The number of aryl methyl sites for hydroxylation is 1. The maximum absolute atomic E-state index is 13.2. The minimum atomic E-state index is -0.824. The van der Waals surface area contributed by atoms with E-state index in [0.29, 0.717) is 6.07 Å². The number of anilines is 1. The Morgan fingerprint density at radius 1 is 1.19 bits per heavy atom. The number of aromatic nitrogens is 3. The molecule has 5 rings (SSSR count). The first-order chi connectivity index (χ1) is 14.9. The van der Waals surface area contributed by atoms with Crippen LogP contribution in [0.2, 0.25) is 0 Å². The Bertz CT molecular complexity index is 1130. The Morgan fingerprint density at radius 2 is 1.97 bits per heavy atom. The number of hydrogen-bond acceptors (Lipinski definition) is 5. The number of fused-ring (bicyclic) bond motifs is 2. The fourth-order valence-corrected chi connectivity index (χ4v) is 3.49. The molecule has 31 heavy (non-hydrogen) atoms.